The molecule has 5 nitrogen and oxygen atoms in total. The summed E-state index contributed by atoms with van der Waals surface area (Å²) in [5, 5.41) is 12.6. The lowest BCUT2D eigenvalue weighted by Crippen LogP contribution is -2.17. The number of benzene rings is 1. The van der Waals surface area contributed by atoms with E-state index in [4.69, 9.17) is 11.6 Å². The first kappa shape index (κ1) is 18.1. The van der Waals surface area contributed by atoms with Crippen LogP contribution in [0.5, 0.6) is 5.75 Å². The molecule has 0 fully saturated rings. The topological polar surface area (TPSA) is 66.6 Å². The van der Waals surface area contributed by atoms with Gasteiger partial charge in [-0.25, -0.2) is 4.98 Å². The van der Waals surface area contributed by atoms with E-state index >= 15 is 0 Å². The van der Waals surface area contributed by atoms with E-state index in [1.165, 1.54) is 24.3 Å². The van der Waals surface area contributed by atoms with Gasteiger partial charge in [-0.15, -0.1) is 0 Å². The van der Waals surface area contributed by atoms with Gasteiger partial charge in [-0.1, -0.05) is 18.5 Å². The number of halogens is 4. The van der Waals surface area contributed by atoms with Crippen molar-refractivity contribution in [3.05, 3.63) is 58.5 Å². The van der Waals surface area contributed by atoms with Crippen molar-refractivity contribution in [1.29, 1.82) is 0 Å². The largest absolute Gasteiger partial charge is 0.506 e. The second-order valence-corrected chi connectivity index (χ2v) is 5.96. The molecule has 0 aliphatic heterocycles. The van der Waals surface area contributed by atoms with Crippen LogP contribution in [0.15, 0.2) is 36.5 Å². The van der Waals surface area contributed by atoms with E-state index in [2.05, 4.69) is 10.3 Å². The number of anilines is 1. The van der Waals surface area contributed by atoms with Gasteiger partial charge in [-0.05, 0) is 36.8 Å². The number of imidazole rings is 1. The minimum atomic E-state index is -4.55. The number of carbonyl (C=O) groups is 1. The van der Waals surface area contributed by atoms with E-state index in [1.54, 1.807) is 6.92 Å². The minimum absolute atomic E-state index is 0.0343. The molecule has 0 aliphatic rings. The third-order valence-corrected chi connectivity index (χ3v) is 4.01. The predicted molar refractivity (Wildman–Crippen MR) is 90.6 cm³/mol. The molecule has 0 radical (unpaired) electrons. The average molecular weight is 384 g/mol. The van der Waals surface area contributed by atoms with Gasteiger partial charge in [0.15, 0.2) is 0 Å². The van der Waals surface area contributed by atoms with Crippen LogP contribution in [0.3, 0.4) is 0 Å². The number of aryl methyl sites for hydroxylation is 1. The number of hydrogen-bond donors (Lipinski definition) is 2. The van der Waals surface area contributed by atoms with Gasteiger partial charge in [-0.2, -0.15) is 13.2 Å². The van der Waals surface area contributed by atoms with Crippen LogP contribution in [0.25, 0.3) is 5.65 Å². The second kappa shape index (κ2) is 6.53. The molecule has 3 rings (SSSR count). The van der Waals surface area contributed by atoms with Crippen molar-refractivity contribution in [2.75, 3.05) is 5.32 Å². The quantitative estimate of drug-likeness (QED) is 0.653. The Bertz CT molecular complexity index is 999. The molecular weight excluding hydrogens is 371 g/mol. The molecule has 0 bridgehead atoms. The molecule has 0 saturated heterocycles. The number of nitrogens with zero attached hydrogens (tertiary/aromatic N) is 2. The van der Waals surface area contributed by atoms with Crippen molar-refractivity contribution in [2.45, 2.75) is 19.5 Å². The summed E-state index contributed by atoms with van der Waals surface area (Å²) in [5.74, 6) is -0.920. The molecule has 136 valence electrons. The zero-order chi connectivity index (χ0) is 19.1. The number of aromatic hydroxyl groups is 1. The Labute approximate surface area is 151 Å². The third-order valence-electron chi connectivity index (χ3n) is 3.77. The standard InChI is InChI=1S/C17H13ClF3N3O2/c1-2-11-15(16(26)23-12-7-10(18)4-5-13(12)25)24-8-9(17(19,20)21)3-6-14(24)22-11/h3-8,25H,2H2,1H3,(H,23,26). The zero-order valence-corrected chi connectivity index (χ0v) is 14.2. The van der Waals surface area contributed by atoms with E-state index in [-0.39, 0.29) is 27.8 Å². The second-order valence-electron chi connectivity index (χ2n) is 5.52. The van der Waals surface area contributed by atoms with Gasteiger partial charge >= 0.3 is 6.18 Å². The van der Waals surface area contributed by atoms with Crippen LogP contribution in [0.4, 0.5) is 18.9 Å². The molecule has 2 N–H and O–H groups in total. The van der Waals surface area contributed by atoms with Crippen LogP contribution in [-0.2, 0) is 12.6 Å². The summed E-state index contributed by atoms with van der Waals surface area (Å²) in [6.45, 7) is 1.74. The summed E-state index contributed by atoms with van der Waals surface area (Å²) in [4.78, 5) is 16.9. The number of phenols is 1. The molecule has 1 amide bonds. The van der Waals surface area contributed by atoms with E-state index in [0.717, 1.165) is 16.7 Å². The van der Waals surface area contributed by atoms with Crippen LogP contribution >= 0.6 is 11.6 Å². The highest BCUT2D eigenvalue weighted by Crippen LogP contribution is 2.31. The first-order chi connectivity index (χ1) is 12.2. The molecule has 2 aromatic heterocycles. The van der Waals surface area contributed by atoms with Gasteiger partial charge in [0.05, 0.1) is 16.9 Å². The van der Waals surface area contributed by atoms with Crippen LogP contribution < -0.4 is 5.32 Å². The molecule has 0 saturated carbocycles. The number of pyridine rings is 1. The monoisotopic (exact) mass is 383 g/mol. The maximum Gasteiger partial charge on any atom is 0.417 e. The lowest BCUT2D eigenvalue weighted by atomic mass is 10.2. The molecule has 0 atom stereocenters. The molecule has 9 heteroatoms. The smallest absolute Gasteiger partial charge is 0.417 e. The van der Waals surface area contributed by atoms with Crippen molar-refractivity contribution in [3.8, 4) is 5.75 Å². The molecule has 1 aromatic carbocycles. The number of carbonyl (C=O) groups excluding carboxylic acids is 1. The first-order valence-electron chi connectivity index (χ1n) is 7.58. The molecule has 0 spiro atoms. The molecule has 3 aromatic rings. The summed E-state index contributed by atoms with van der Waals surface area (Å²) in [5.41, 5.74) is -0.331. The summed E-state index contributed by atoms with van der Waals surface area (Å²) >= 11 is 5.84. The highest BCUT2D eigenvalue weighted by molar-refractivity contribution is 6.31. The Hall–Kier alpha value is -2.74. The van der Waals surface area contributed by atoms with Crippen LogP contribution in [0.2, 0.25) is 5.02 Å². The van der Waals surface area contributed by atoms with Gasteiger partial charge in [0.25, 0.3) is 5.91 Å². The summed E-state index contributed by atoms with van der Waals surface area (Å²) < 4.78 is 40.1. The normalized spacial score (nSPS) is 11.7. The summed E-state index contributed by atoms with van der Waals surface area (Å²) in [7, 11) is 0. The molecular formula is C17H13ClF3N3O2. The Morgan fingerprint density at radius 3 is 2.69 bits per heavy atom. The number of alkyl halides is 3. The highest BCUT2D eigenvalue weighted by Gasteiger charge is 2.32. The summed E-state index contributed by atoms with van der Waals surface area (Å²) in [6.07, 6.45) is -3.38. The SMILES string of the molecule is CCc1nc2ccc(C(F)(F)F)cn2c1C(=O)Nc1cc(Cl)ccc1O. The fourth-order valence-electron chi connectivity index (χ4n) is 2.54. The van der Waals surface area contributed by atoms with Crippen LogP contribution in [0.1, 0.15) is 28.7 Å². The van der Waals surface area contributed by atoms with Gasteiger partial charge < -0.3 is 10.4 Å². The lowest BCUT2D eigenvalue weighted by molar-refractivity contribution is -0.137. The van der Waals surface area contributed by atoms with Crippen LogP contribution in [-0.4, -0.2) is 20.4 Å². The number of nitrogens with one attached hydrogen (secondary N) is 1. The number of fused-ring (bicyclic) bond motifs is 1. The lowest BCUT2D eigenvalue weighted by Gasteiger charge is -2.10. The van der Waals surface area contributed by atoms with Crippen molar-refractivity contribution >= 4 is 28.8 Å². The van der Waals surface area contributed by atoms with Gasteiger partial charge in [0, 0.05) is 11.2 Å². The zero-order valence-electron chi connectivity index (χ0n) is 13.4. The minimum Gasteiger partial charge on any atom is -0.506 e. The molecule has 2 heterocycles. The van der Waals surface area contributed by atoms with Gasteiger partial charge in [0.2, 0.25) is 0 Å². The maximum absolute atomic E-state index is 13.0. The van der Waals surface area contributed by atoms with E-state index in [9.17, 15) is 23.1 Å². The van der Waals surface area contributed by atoms with Crippen molar-refractivity contribution in [1.82, 2.24) is 9.38 Å². The fourth-order valence-corrected chi connectivity index (χ4v) is 2.71. The first-order valence-corrected chi connectivity index (χ1v) is 7.96. The maximum atomic E-state index is 13.0. The van der Waals surface area contributed by atoms with E-state index in [0.29, 0.717) is 12.1 Å². The number of rotatable bonds is 3. The van der Waals surface area contributed by atoms with Crippen molar-refractivity contribution < 1.29 is 23.1 Å². The number of hydrogen-bond acceptors (Lipinski definition) is 3. The Morgan fingerprint density at radius 1 is 1.31 bits per heavy atom. The number of amides is 1. The van der Waals surface area contributed by atoms with Crippen molar-refractivity contribution in [2.24, 2.45) is 0 Å². The Balaban J connectivity index is 2.10. The number of phenolic OH excluding ortho intramolecular Hbond substituents is 1. The summed E-state index contributed by atoms with van der Waals surface area (Å²) in [6, 6.07) is 6.19. The average Bonchev–Trinajstić information content (AvgIpc) is 2.95. The van der Waals surface area contributed by atoms with Crippen LogP contribution in [0, 0.1) is 0 Å². The Morgan fingerprint density at radius 2 is 2.04 bits per heavy atom. The predicted octanol–water partition coefficient (Wildman–Crippen LogP) is 4.53. The molecule has 26 heavy (non-hydrogen) atoms. The van der Waals surface area contributed by atoms with E-state index < -0.39 is 17.6 Å². The molecule has 0 aliphatic carbocycles. The van der Waals surface area contributed by atoms with Gasteiger partial charge in [-0.3, -0.25) is 9.20 Å². The number of aromatic nitrogens is 2. The van der Waals surface area contributed by atoms with Crippen molar-refractivity contribution in [3.63, 3.8) is 0 Å². The molecule has 0 unspecified atom stereocenters. The van der Waals surface area contributed by atoms with E-state index in [1.807, 2.05) is 0 Å². The Kier molecular flexibility index (Phi) is 4.53. The highest BCUT2D eigenvalue weighted by atomic mass is 35.5. The fraction of sp³-hybridized carbons (Fsp3) is 0.176. The third kappa shape index (κ3) is 3.32. The van der Waals surface area contributed by atoms with Gasteiger partial charge in [0.1, 0.15) is 17.1 Å².